The maximum absolute atomic E-state index is 13.5. The van der Waals surface area contributed by atoms with Gasteiger partial charge in [0.1, 0.15) is 18.0 Å². The highest BCUT2D eigenvalue weighted by atomic mass is 16.6. The van der Waals surface area contributed by atoms with Crippen LogP contribution in [0.5, 0.6) is 23.0 Å². The van der Waals surface area contributed by atoms with Gasteiger partial charge in [-0.15, -0.1) is 0 Å². The molecule has 1 aromatic heterocycles. The van der Waals surface area contributed by atoms with Crippen LogP contribution in [0.1, 0.15) is 47.4 Å². The molecule has 1 aliphatic carbocycles. The highest BCUT2D eigenvalue weighted by molar-refractivity contribution is 5.91. The van der Waals surface area contributed by atoms with Crippen molar-refractivity contribution in [2.75, 3.05) is 62.4 Å². The van der Waals surface area contributed by atoms with E-state index in [2.05, 4.69) is 26.4 Å². The number of fused-ring (bicyclic) bond motifs is 6. The van der Waals surface area contributed by atoms with Gasteiger partial charge in [-0.25, -0.2) is 9.59 Å². The Labute approximate surface area is 291 Å². The molecule has 0 bridgehead atoms. The van der Waals surface area contributed by atoms with Crippen LogP contribution in [0.25, 0.3) is 10.9 Å². The van der Waals surface area contributed by atoms with E-state index in [9.17, 15) is 14.4 Å². The lowest BCUT2D eigenvalue weighted by atomic mass is 9.63. The van der Waals surface area contributed by atoms with Crippen LogP contribution in [0.15, 0.2) is 30.3 Å². The average Bonchev–Trinajstić information content (AvgIpc) is 3.50. The van der Waals surface area contributed by atoms with E-state index in [1.807, 2.05) is 12.1 Å². The SMILES string of the molecule is CCOC(N)=O.COC(=O)[C@H]1[C@H]2C[C@@H]3c4[nH]c5cc(OC)ccc5c4CCN3C[C@H]2C[C@@H](OC(=O)c2cc(OC)c(OC)c(OC)c2)[C@@H]1OC. The number of methoxy groups -OCH3 is 6. The molecule has 50 heavy (non-hydrogen) atoms. The van der Waals surface area contributed by atoms with Gasteiger partial charge in [0.15, 0.2) is 11.5 Å². The van der Waals surface area contributed by atoms with Gasteiger partial charge >= 0.3 is 18.0 Å². The van der Waals surface area contributed by atoms with Crippen LogP contribution in [0, 0.1) is 17.8 Å². The zero-order valence-corrected chi connectivity index (χ0v) is 29.6. The number of H-pyrrole nitrogens is 1. The monoisotopic (exact) mass is 697 g/mol. The molecule has 14 heteroatoms. The maximum Gasteiger partial charge on any atom is 0.404 e. The van der Waals surface area contributed by atoms with E-state index < -0.39 is 30.2 Å². The number of nitrogens with two attached hydrogens (primary N) is 1. The number of hydrogen-bond donors (Lipinski definition) is 2. The zero-order chi connectivity index (χ0) is 36.1. The molecule has 3 N–H and O–H groups in total. The van der Waals surface area contributed by atoms with E-state index in [-0.39, 0.29) is 29.4 Å². The Morgan fingerprint density at radius 3 is 2.22 bits per heavy atom. The van der Waals surface area contributed by atoms with E-state index in [0.717, 1.165) is 37.2 Å². The average molecular weight is 698 g/mol. The van der Waals surface area contributed by atoms with Crippen molar-refractivity contribution >= 4 is 28.9 Å². The summed E-state index contributed by atoms with van der Waals surface area (Å²) in [6, 6.07) is 9.40. The number of ether oxygens (including phenoxy) is 8. The lowest BCUT2D eigenvalue weighted by Crippen LogP contribution is -2.58. The van der Waals surface area contributed by atoms with E-state index in [0.29, 0.717) is 30.3 Å². The summed E-state index contributed by atoms with van der Waals surface area (Å²) in [5, 5.41) is 1.21. The number of piperidine rings is 1. The number of esters is 2. The predicted molar refractivity (Wildman–Crippen MR) is 182 cm³/mol. The Balaban J connectivity index is 0.000000745. The standard InChI is InChI=1S/C33H40N2O9.C3H7NO2/c1-38-19-7-8-20-21-9-10-35-16-18-13-27(44-32(36)17-11-25(39-2)30(41-4)26(12-17)40-3)31(42-5)28(33(37)43-6)22(18)15-24(35)29(21)34-23(20)14-19;1-2-6-3(4)5/h7-8,11-12,14,18,22,24,27-28,31,34H,9-10,13,15-16H2,1-6H3;2H2,1H3,(H2,4,5)/t18-,22+,24-,27-,28+,31+;/m1./s1. The van der Waals surface area contributed by atoms with Crippen molar-refractivity contribution in [1.82, 2.24) is 9.88 Å². The van der Waals surface area contributed by atoms with Crippen LogP contribution >= 0.6 is 0 Å². The minimum absolute atomic E-state index is 0.0170. The number of aromatic nitrogens is 1. The number of benzene rings is 2. The zero-order valence-electron chi connectivity index (χ0n) is 29.6. The smallest absolute Gasteiger partial charge is 0.404 e. The lowest BCUT2D eigenvalue weighted by Gasteiger charge is -2.52. The second kappa shape index (κ2) is 15.9. The van der Waals surface area contributed by atoms with Crippen LogP contribution in [-0.2, 0) is 30.2 Å². The van der Waals surface area contributed by atoms with Gasteiger partial charge in [0.25, 0.3) is 0 Å². The second-order valence-corrected chi connectivity index (χ2v) is 12.4. The molecule has 0 spiro atoms. The van der Waals surface area contributed by atoms with Crippen molar-refractivity contribution in [2.45, 2.75) is 44.4 Å². The van der Waals surface area contributed by atoms with Gasteiger partial charge < -0.3 is 48.6 Å². The summed E-state index contributed by atoms with van der Waals surface area (Å²) in [4.78, 5) is 42.7. The number of carbonyl (C=O) groups excluding carboxylic acids is 3. The largest absolute Gasteiger partial charge is 0.497 e. The molecule has 2 fully saturated rings. The first-order valence-electron chi connectivity index (χ1n) is 16.6. The summed E-state index contributed by atoms with van der Waals surface area (Å²) in [6.45, 7) is 3.74. The number of aromatic amines is 1. The van der Waals surface area contributed by atoms with Gasteiger partial charge in [-0.3, -0.25) is 9.69 Å². The second-order valence-electron chi connectivity index (χ2n) is 12.4. The molecule has 3 heterocycles. The molecule has 3 aromatic rings. The summed E-state index contributed by atoms with van der Waals surface area (Å²) < 4.78 is 43.3. The molecule has 14 nitrogen and oxygen atoms in total. The third-order valence-corrected chi connectivity index (χ3v) is 10.0. The molecule has 6 atom stereocenters. The molecule has 6 rings (SSSR count). The Kier molecular flexibility index (Phi) is 11.6. The highest BCUT2D eigenvalue weighted by Crippen LogP contribution is 2.51. The summed E-state index contributed by atoms with van der Waals surface area (Å²) in [5.74, 6) is 0.441. The first kappa shape index (κ1) is 36.6. The predicted octanol–water partition coefficient (Wildman–Crippen LogP) is 4.27. The molecular weight excluding hydrogens is 650 g/mol. The van der Waals surface area contributed by atoms with Crippen molar-refractivity contribution < 1.29 is 52.3 Å². The normalized spacial score (nSPS) is 23.9. The van der Waals surface area contributed by atoms with Crippen molar-refractivity contribution in [1.29, 1.82) is 0 Å². The third kappa shape index (κ3) is 7.13. The van der Waals surface area contributed by atoms with Crippen LogP contribution < -0.4 is 24.7 Å². The molecule has 1 saturated carbocycles. The number of rotatable bonds is 9. The van der Waals surface area contributed by atoms with E-state index in [1.165, 1.54) is 45.1 Å². The summed E-state index contributed by atoms with van der Waals surface area (Å²) >= 11 is 0. The quantitative estimate of drug-likeness (QED) is 0.241. The van der Waals surface area contributed by atoms with Crippen molar-refractivity contribution in [3.63, 3.8) is 0 Å². The number of nitrogens with one attached hydrogen (secondary N) is 1. The minimum atomic E-state index is -0.711. The Bertz CT molecular complexity index is 1670. The van der Waals surface area contributed by atoms with E-state index in [4.69, 9.17) is 33.2 Å². The van der Waals surface area contributed by atoms with Gasteiger partial charge in [-0.05, 0) is 67.9 Å². The highest BCUT2D eigenvalue weighted by Gasteiger charge is 2.54. The summed E-state index contributed by atoms with van der Waals surface area (Å²) in [5.41, 5.74) is 8.37. The fraction of sp³-hybridized carbons (Fsp3) is 0.528. The number of amides is 1. The van der Waals surface area contributed by atoms with Gasteiger partial charge in [0, 0.05) is 42.9 Å². The van der Waals surface area contributed by atoms with E-state index in [1.54, 1.807) is 33.3 Å². The lowest BCUT2D eigenvalue weighted by molar-refractivity contribution is -0.176. The van der Waals surface area contributed by atoms with Crippen molar-refractivity contribution in [3.05, 3.63) is 47.2 Å². The molecule has 0 unspecified atom stereocenters. The van der Waals surface area contributed by atoms with Crippen LogP contribution in [-0.4, -0.2) is 102 Å². The molecule has 1 amide bonds. The van der Waals surface area contributed by atoms with Crippen LogP contribution in [0.3, 0.4) is 0 Å². The number of hydrogen-bond acceptors (Lipinski definition) is 12. The fourth-order valence-corrected chi connectivity index (χ4v) is 7.90. The molecule has 2 aliphatic heterocycles. The van der Waals surface area contributed by atoms with Crippen LogP contribution in [0.4, 0.5) is 4.79 Å². The van der Waals surface area contributed by atoms with Gasteiger partial charge in [-0.1, -0.05) is 0 Å². The fourth-order valence-electron chi connectivity index (χ4n) is 7.90. The summed E-state index contributed by atoms with van der Waals surface area (Å²) in [7, 11) is 9.10. The molecule has 2 aromatic carbocycles. The number of nitrogens with zero attached hydrogens (tertiary/aromatic N) is 1. The Hall–Kier alpha value is -4.69. The van der Waals surface area contributed by atoms with Crippen molar-refractivity contribution in [2.24, 2.45) is 23.5 Å². The van der Waals surface area contributed by atoms with E-state index >= 15 is 0 Å². The molecule has 0 radical (unpaired) electrons. The minimum Gasteiger partial charge on any atom is -0.497 e. The maximum atomic E-state index is 13.5. The topological polar surface area (TPSA) is 170 Å². The Morgan fingerprint density at radius 2 is 1.66 bits per heavy atom. The molecule has 3 aliphatic rings. The number of carbonyl (C=O) groups is 3. The first-order chi connectivity index (χ1) is 24.1. The summed E-state index contributed by atoms with van der Waals surface area (Å²) in [6.07, 6.45) is 0.209. The molecular formula is C36H47N3O11. The first-order valence-corrected chi connectivity index (χ1v) is 16.6. The van der Waals surface area contributed by atoms with Gasteiger partial charge in [0.2, 0.25) is 5.75 Å². The number of primary amides is 1. The van der Waals surface area contributed by atoms with Crippen LogP contribution in [0.2, 0.25) is 0 Å². The molecule has 1 saturated heterocycles. The van der Waals surface area contributed by atoms with Crippen molar-refractivity contribution in [3.8, 4) is 23.0 Å². The Morgan fingerprint density at radius 1 is 0.940 bits per heavy atom. The van der Waals surface area contributed by atoms with Gasteiger partial charge in [0.05, 0.1) is 59.7 Å². The molecule has 272 valence electrons. The third-order valence-electron chi connectivity index (χ3n) is 10.0. The van der Waals surface area contributed by atoms with Gasteiger partial charge in [-0.2, -0.15) is 0 Å².